The summed E-state index contributed by atoms with van der Waals surface area (Å²) in [6.45, 7) is 0.652. The van der Waals surface area contributed by atoms with Gasteiger partial charge in [0, 0.05) is 30.1 Å². The van der Waals surface area contributed by atoms with Crippen molar-refractivity contribution in [3.8, 4) is 0 Å². The first kappa shape index (κ1) is 17.2. The van der Waals surface area contributed by atoms with Gasteiger partial charge in [-0.2, -0.15) is 0 Å². The van der Waals surface area contributed by atoms with E-state index in [4.69, 9.17) is 0 Å². The molecule has 0 bridgehead atoms. The number of carbonyl (C=O) groups is 2. The van der Waals surface area contributed by atoms with Gasteiger partial charge in [-0.3, -0.25) is 9.59 Å². The van der Waals surface area contributed by atoms with E-state index in [9.17, 15) is 22.8 Å². The quantitative estimate of drug-likeness (QED) is 0.791. The Morgan fingerprint density at radius 2 is 1.60 bits per heavy atom. The highest BCUT2D eigenvalue weighted by Gasteiger charge is 2.29. The van der Waals surface area contributed by atoms with Crippen LogP contribution in [0.4, 0.5) is 13.2 Å². The van der Waals surface area contributed by atoms with Crippen LogP contribution in [-0.2, 0) is 0 Å². The minimum atomic E-state index is -1.08. The molecule has 1 heterocycles. The number of ketones is 1. The molecule has 0 aliphatic carbocycles. The second-order valence-corrected chi connectivity index (χ2v) is 6.09. The molecule has 0 aromatic heterocycles. The van der Waals surface area contributed by atoms with Crippen LogP contribution in [0.25, 0.3) is 0 Å². The van der Waals surface area contributed by atoms with Gasteiger partial charge in [-0.1, -0.05) is 0 Å². The maximum absolute atomic E-state index is 13.3. The summed E-state index contributed by atoms with van der Waals surface area (Å²) in [4.78, 5) is 26.5. The molecule has 0 N–H and O–H groups in total. The molecule has 2 aromatic carbocycles. The minimum absolute atomic E-state index is 0.0498. The molecule has 25 heavy (non-hydrogen) atoms. The fourth-order valence-electron chi connectivity index (χ4n) is 3.04. The van der Waals surface area contributed by atoms with E-state index in [1.54, 1.807) is 0 Å². The van der Waals surface area contributed by atoms with Crippen molar-refractivity contribution in [2.75, 3.05) is 13.1 Å². The van der Waals surface area contributed by atoms with Gasteiger partial charge in [0.15, 0.2) is 17.4 Å². The zero-order chi connectivity index (χ0) is 18.0. The summed E-state index contributed by atoms with van der Waals surface area (Å²) in [6, 6.07) is 8.30. The minimum Gasteiger partial charge on any atom is -0.338 e. The predicted molar refractivity (Wildman–Crippen MR) is 85.7 cm³/mol. The lowest BCUT2D eigenvalue weighted by molar-refractivity contribution is 0.0636. The molecule has 0 saturated carbocycles. The molecule has 3 rings (SSSR count). The van der Waals surface area contributed by atoms with Gasteiger partial charge in [0.05, 0.1) is 0 Å². The second kappa shape index (κ2) is 7.09. The number of benzene rings is 2. The summed E-state index contributed by atoms with van der Waals surface area (Å²) in [5.74, 6) is -3.50. The van der Waals surface area contributed by atoms with Crippen LogP contribution in [0.15, 0.2) is 42.5 Å². The molecule has 1 aliphatic rings. The molecule has 1 amide bonds. The van der Waals surface area contributed by atoms with Crippen LogP contribution < -0.4 is 0 Å². The number of rotatable bonds is 3. The molecule has 0 spiro atoms. The summed E-state index contributed by atoms with van der Waals surface area (Å²) in [5, 5.41) is 0. The lowest BCUT2D eigenvalue weighted by atomic mass is 9.89. The Labute approximate surface area is 143 Å². The van der Waals surface area contributed by atoms with Crippen LogP contribution in [0, 0.1) is 23.4 Å². The van der Waals surface area contributed by atoms with Gasteiger partial charge in [-0.15, -0.1) is 0 Å². The van der Waals surface area contributed by atoms with Crippen molar-refractivity contribution in [3.63, 3.8) is 0 Å². The molecule has 1 fully saturated rings. The Hall–Kier alpha value is -2.63. The number of hydrogen-bond acceptors (Lipinski definition) is 2. The predicted octanol–water partition coefficient (Wildman–Crippen LogP) is 3.84. The monoisotopic (exact) mass is 347 g/mol. The smallest absolute Gasteiger partial charge is 0.253 e. The van der Waals surface area contributed by atoms with E-state index in [0.29, 0.717) is 24.9 Å². The summed E-state index contributed by atoms with van der Waals surface area (Å²) in [6.07, 6.45) is 1.25. The number of nitrogens with zero attached hydrogens (tertiary/aromatic N) is 1. The first-order chi connectivity index (χ1) is 12.0. The third-order valence-electron chi connectivity index (χ3n) is 4.37. The van der Waals surface area contributed by atoms with Gasteiger partial charge in [0.1, 0.15) is 5.82 Å². The normalized spacial score (nSPS) is 17.4. The molecule has 2 aromatic rings. The van der Waals surface area contributed by atoms with E-state index in [1.807, 2.05) is 0 Å². The van der Waals surface area contributed by atoms with Crippen molar-refractivity contribution >= 4 is 11.7 Å². The Balaban J connectivity index is 1.74. The molecule has 0 radical (unpaired) electrons. The number of amides is 1. The van der Waals surface area contributed by atoms with Gasteiger partial charge in [-0.25, -0.2) is 13.2 Å². The second-order valence-electron chi connectivity index (χ2n) is 6.09. The number of likely N-dealkylation sites (tertiary alicyclic amines) is 1. The molecule has 1 unspecified atom stereocenters. The van der Waals surface area contributed by atoms with Crippen molar-refractivity contribution < 1.29 is 22.8 Å². The van der Waals surface area contributed by atoms with Crippen LogP contribution in [0.3, 0.4) is 0 Å². The first-order valence-corrected chi connectivity index (χ1v) is 8.00. The first-order valence-electron chi connectivity index (χ1n) is 8.00. The largest absolute Gasteiger partial charge is 0.338 e. The highest BCUT2D eigenvalue weighted by atomic mass is 19.2. The van der Waals surface area contributed by atoms with Crippen molar-refractivity contribution in [2.24, 2.45) is 5.92 Å². The summed E-state index contributed by atoms with van der Waals surface area (Å²) >= 11 is 0. The summed E-state index contributed by atoms with van der Waals surface area (Å²) in [7, 11) is 0. The van der Waals surface area contributed by atoms with Crippen LogP contribution in [0.1, 0.15) is 33.6 Å². The number of halogens is 3. The van der Waals surface area contributed by atoms with Crippen LogP contribution in [0.2, 0.25) is 0 Å². The molecule has 1 atom stereocenters. The zero-order valence-electron chi connectivity index (χ0n) is 13.3. The van der Waals surface area contributed by atoms with Crippen molar-refractivity contribution in [3.05, 3.63) is 71.0 Å². The Kier molecular flexibility index (Phi) is 4.88. The lowest BCUT2D eigenvalue weighted by Gasteiger charge is -2.32. The molecular weight excluding hydrogens is 331 g/mol. The van der Waals surface area contributed by atoms with Gasteiger partial charge in [-0.05, 0) is 55.3 Å². The lowest BCUT2D eigenvalue weighted by Crippen LogP contribution is -2.42. The standard InChI is InChI=1S/C19H16F3NO2/c20-15-6-3-12(4-7-15)18(24)14-2-1-9-23(11-14)19(25)13-5-8-16(21)17(22)10-13/h3-8,10,14H,1-2,9,11H2. The maximum Gasteiger partial charge on any atom is 0.253 e. The summed E-state index contributed by atoms with van der Waals surface area (Å²) in [5.41, 5.74) is 0.447. The average molecular weight is 347 g/mol. The van der Waals surface area contributed by atoms with Gasteiger partial charge < -0.3 is 4.90 Å². The topological polar surface area (TPSA) is 37.4 Å². The van der Waals surface area contributed by atoms with Crippen LogP contribution in [0.5, 0.6) is 0 Å². The van der Waals surface area contributed by atoms with Crippen LogP contribution in [-0.4, -0.2) is 29.7 Å². The van der Waals surface area contributed by atoms with E-state index < -0.39 is 29.3 Å². The van der Waals surface area contributed by atoms with E-state index in [-0.39, 0.29) is 17.9 Å². The Morgan fingerprint density at radius 1 is 0.920 bits per heavy atom. The molecule has 1 saturated heterocycles. The zero-order valence-corrected chi connectivity index (χ0v) is 13.3. The van der Waals surface area contributed by atoms with Gasteiger partial charge >= 0.3 is 0 Å². The molecule has 3 nitrogen and oxygen atoms in total. The third kappa shape index (κ3) is 3.73. The Bertz CT molecular complexity index is 805. The number of hydrogen-bond donors (Lipinski definition) is 0. The fraction of sp³-hybridized carbons (Fsp3) is 0.263. The molecular formula is C19H16F3NO2. The average Bonchev–Trinajstić information content (AvgIpc) is 2.63. The van der Waals surface area contributed by atoms with E-state index >= 15 is 0 Å². The van der Waals surface area contributed by atoms with Crippen LogP contribution >= 0.6 is 0 Å². The Morgan fingerprint density at radius 3 is 2.28 bits per heavy atom. The van der Waals surface area contributed by atoms with E-state index in [2.05, 4.69) is 0 Å². The van der Waals surface area contributed by atoms with E-state index in [0.717, 1.165) is 12.1 Å². The third-order valence-corrected chi connectivity index (χ3v) is 4.37. The number of Topliss-reactive ketones (excluding diaryl/α,β-unsaturated/α-hetero) is 1. The van der Waals surface area contributed by atoms with Crippen molar-refractivity contribution in [1.82, 2.24) is 4.90 Å². The fourth-order valence-corrected chi connectivity index (χ4v) is 3.04. The van der Waals surface area contributed by atoms with Crippen molar-refractivity contribution in [1.29, 1.82) is 0 Å². The van der Waals surface area contributed by atoms with Crippen molar-refractivity contribution in [2.45, 2.75) is 12.8 Å². The number of carbonyl (C=O) groups excluding carboxylic acids is 2. The van der Waals surface area contributed by atoms with Gasteiger partial charge in [0.2, 0.25) is 0 Å². The molecule has 1 aliphatic heterocycles. The molecule has 6 heteroatoms. The number of piperidine rings is 1. The highest BCUT2D eigenvalue weighted by Crippen LogP contribution is 2.23. The van der Waals surface area contributed by atoms with Gasteiger partial charge in [0.25, 0.3) is 5.91 Å². The van der Waals surface area contributed by atoms with E-state index in [1.165, 1.54) is 35.2 Å². The SMILES string of the molecule is O=C(c1ccc(F)cc1)C1CCCN(C(=O)c2ccc(F)c(F)c2)C1. The summed E-state index contributed by atoms with van der Waals surface area (Å²) < 4.78 is 39.3. The molecule has 130 valence electrons. The maximum atomic E-state index is 13.3. The highest BCUT2D eigenvalue weighted by molar-refractivity contribution is 5.99.